The molecule has 2 aliphatic rings. The van der Waals surface area contributed by atoms with E-state index in [1.54, 1.807) is 6.92 Å². The van der Waals surface area contributed by atoms with Crippen molar-refractivity contribution in [3.8, 4) is 11.5 Å². The molecule has 0 aliphatic carbocycles. The molecule has 266 valence electrons. The maximum absolute atomic E-state index is 11.9. The SMILES string of the molecule is CCc1ccc(CCOc2ccc(CC3(C)SC(=O)NC3=O)cc2)nc1.CCc1ccc(CCOc2ccc(CC3SC(=O)NC3=O)cc2)nc1. The van der Waals surface area contributed by atoms with Gasteiger partial charge in [-0.1, -0.05) is 62.0 Å². The first kappa shape index (κ1) is 37.6. The molecule has 2 aromatic heterocycles. The molecule has 2 aromatic carbocycles. The second-order valence-electron chi connectivity index (χ2n) is 12.3. The molecule has 4 aromatic rings. The van der Waals surface area contributed by atoms with Crippen molar-refractivity contribution in [2.75, 3.05) is 13.2 Å². The molecule has 0 spiro atoms. The highest BCUT2D eigenvalue weighted by molar-refractivity contribution is 8.16. The van der Waals surface area contributed by atoms with Crippen LogP contribution in [0.1, 0.15) is 54.4 Å². The Morgan fingerprint density at radius 2 is 1.18 bits per heavy atom. The van der Waals surface area contributed by atoms with Crippen LogP contribution in [0.2, 0.25) is 0 Å². The summed E-state index contributed by atoms with van der Waals surface area (Å²) in [5.74, 6) is 1.13. The van der Waals surface area contributed by atoms with Crippen molar-refractivity contribution in [1.82, 2.24) is 20.6 Å². The maximum atomic E-state index is 11.9. The van der Waals surface area contributed by atoms with Gasteiger partial charge in [0, 0.05) is 36.6 Å². The van der Waals surface area contributed by atoms with Crippen LogP contribution in [0.25, 0.3) is 0 Å². The van der Waals surface area contributed by atoms with E-state index >= 15 is 0 Å². The lowest BCUT2D eigenvalue weighted by Gasteiger charge is -2.18. The van der Waals surface area contributed by atoms with Gasteiger partial charge < -0.3 is 9.47 Å². The first-order valence-electron chi connectivity index (χ1n) is 17.0. The van der Waals surface area contributed by atoms with E-state index in [-0.39, 0.29) is 27.5 Å². The largest absolute Gasteiger partial charge is 0.493 e. The third-order valence-corrected chi connectivity index (χ3v) is 10.5. The van der Waals surface area contributed by atoms with Crippen LogP contribution in [-0.4, -0.2) is 55.5 Å². The highest BCUT2D eigenvalue weighted by atomic mass is 32.2. The van der Waals surface area contributed by atoms with E-state index in [4.69, 9.17) is 9.47 Å². The minimum Gasteiger partial charge on any atom is -0.493 e. The molecule has 2 aliphatic heterocycles. The maximum Gasteiger partial charge on any atom is 0.286 e. The van der Waals surface area contributed by atoms with E-state index in [0.717, 1.165) is 83.2 Å². The van der Waals surface area contributed by atoms with Gasteiger partial charge >= 0.3 is 0 Å². The number of aryl methyl sites for hydroxylation is 2. The summed E-state index contributed by atoms with van der Waals surface area (Å²) < 4.78 is 10.8. The molecule has 12 heteroatoms. The van der Waals surface area contributed by atoms with E-state index in [2.05, 4.69) is 46.6 Å². The number of carbonyl (C=O) groups excluding carboxylic acids is 4. The predicted octanol–water partition coefficient (Wildman–Crippen LogP) is 6.71. The molecule has 10 nitrogen and oxygen atoms in total. The van der Waals surface area contributed by atoms with E-state index in [0.29, 0.717) is 26.1 Å². The highest BCUT2D eigenvalue weighted by Gasteiger charge is 2.43. The van der Waals surface area contributed by atoms with Crippen molar-refractivity contribution in [3.05, 3.63) is 119 Å². The zero-order valence-electron chi connectivity index (χ0n) is 29.0. The molecule has 2 unspecified atom stereocenters. The Bertz CT molecular complexity index is 1800. The number of ether oxygens (including phenoxy) is 2. The molecule has 2 fully saturated rings. The van der Waals surface area contributed by atoms with E-state index in [1.165, 1.54) is 11.1 Å². The van der Waals surface area contributed by atoms with Gasteiger partial charge in [-0.2, -0.15) is 0 Å². The molecular weight excluding hydrogens is 685 g/mol. The number of pyridine rings is 2. The van der Waals surface area contributed by atoms with Gasteiger partial charge in [-0.15, -0.1) is 0 Å². The lowest BCUT2D eigenvalue weighted by atomic mass is 9.99. The average Bonchev–Trinajstić information content (AvgIpc) is 3.59. The lowest BCUT2D eigenvalue weighted by Crippen LogP contribution is -2.35. The number of nitrogens with zero attached hydrogens (tertiary/aromatic N) is 2. The van der Waals surface area contributed by atoms with Crippen LogP contribution < -0.4 is 20.1 Å². The molecule has 0 radical (unpaired) electrons. The molecule has 2 atom stereocenters. The average molecular weight is 727 g/mol. The fourth-order valence-corrected chi connectivity index (χ4v) is 7.14. The van der Waals surface area contributed by atoms with Gasteiger partial charge in [-0.05, 0) is 103 Å². The molecule has 0 bridgehead atoms. The third kappa shape index (κ3) is 11.2. The Morgan fingerprint density at radius 1 is 0.667 bits per heavy atom. The minimum atomic E-state index is -0.740. The predicted molar refractivity (Wildman–Crippen MR) is 200 cm³/mol. The standard InChI is InChI=1S/C20H22N2O3S.C19H20N2O3S/c1-3-14-4-7-16(21-13-14)10-11-25-17-8-5-15(6-9-17)12-20(2)18(23)22-19(24)26-20;1-2-13-3-6-15(20-12-13)9-10-24-16-7-4-14(5-8-16)11-17-18(22)21-19(23)25-17/h4-9,13H,3,10-12H2,1-2H3,(H,22,23,24);3-8,12,17H,2,9-11H2,1H3,(H,21,22,23). The van der Waals surface area contributed by atoms with Crippen molar-refractivity contribution < 1.29 is 28.7 Å². The number of rotatable bonds is 14. The number of carbonyl (C=O) groups is 4. The molecule has 2 saturated heterocycles. The lowest BCUT2D eigenvalue weighted by molar-refractivity contribution is -0.121. The summed E-state index contributed by atoms with van der Waals surface area (Å²) in [5.41, 5.74) is 6.50. The zero-order chi connectivity index (χ0) is 36.2. The number of imide groups is 2. The van der Waals surface area contributed by atoms with Gasteiger partial charge in [-0.25, -0.2) is 0 Å². The molecule has 0 saturated carbocycles. The van der Waals surface area contributed by atoms with Crippen LogP contribution in [0.4, 0.5) is 9.59 Å². The second-order valence-corrected chi connectivity index (χ2v) is 15.0. The van der Waals surface area contributed by atoms with Crippen LogP contribution in [-0.2, 0) is 48.1 Å². The summed E-state index contributed by atoms with van der Waals surface area (Å²) in [4.78, 5) is 54.9. The Balaban J connectivity index is 0.000000198. The summed E-state index contributed by atoms with van der Waals surface area (Å²) in [6.45, 7) is 7.13. The Labute approximate surface area is 306 Å². The number of nitrogens with one attached hydrogen (secondary N) is 2. The summed E-state index contributed by atoms with van der Waals surface area (Å²) >= 11 is 2.10. The molecule has 6 rings (SSSR count). The van der Waals surface area contributed by atoms with Gasteiger partial charge in [0.1, 0.15) is 16.2 Å². The normalized spacial score (nSPS) is 18.1. The number of aromatic nitrogens is 2. The number of amides is 4. The third-order valence-electron chi connectivity index (χ3n) is 8.43. The van der Waals surface area contributed by atoms with Crippen molar-refractivity contribution in [3.63, 3.8) is 0 Å². The number of hydrogen-bond donors (Lipinski definition) is 2. The quantitative estimate of drug-likeness (QED) is 0.144. The van der Waals surface area contributed by atoms with Crippen LogP contribution in [0, 0.1) is 0 Å². The summed E-state index contributed by atoms with van der Waals surface area (Å²) in [5, 5.41) is 3.76. The van der Waals surface area contributed by atoms with Crippen LogP contribution in [0.3, 0.4) is 0 Å². The second kappa shape index (κ2) is 18.0. The van der Waals surface area contributed by atoms with Gasteiger partial charge in [0.2, 0.25) is 11.8 Å². The summed E-state index contributed by atoms with van der Waals surface area (Å²) in [6, 6.07) is 23.6. The summed E-state index contributed by atoms with van der Waals surface area (Å²) in [6.07, 6.45) is 8.35. The molecule has 51 heavy (non-hydrogen) atoms. The molecule has 4 heterocycles. The van der Waals surface area contributed by atoms with Crippen LogP contribution >= 0.6 is 23.5 Å². The topological polar surface area (TPSA) is 137 Å². The van der Waals surface area contributed by atoms with Crippen LogP contribution in [0.5, 0.6) is 11.5 Å². The molecular formula is C39H42N4O6S2. The van der Waals surface area contributed by atoms with Gasteiger partial charge in [-0.3, -0.25) is 39.8 Å². The Morgan fingerprint density at radius 3 is 1.59 bits per heavy atom. The van der Waals surface area contributed by atoms with E-state index in [9.17, 15) is 19.2 Å². The highest BCUT2D eigenvalue weighted by Crippen LogP contribution is 2.35. The Hall–Kier alpha value is -4.68. The van der Waals surface area contributed by atoms with Crippen molar-refractivity contribution in [2.45, 2.75) is 69.3 Å². The van der Waals surface area contributed by atoms with Gasteiger partial charge in [0.05, 0.1) is 18.5 Å². The van der Waals surface area contributed by atoms with Gasteiger partial charge in [0.15, 0.2) is 0 Å². The summed E-state index contributed by atoms with van der Waals surface area (Å²) in [7, 11) is 0. The first-order chi connectivity index (χ1) is 24.6. The minimum absolute atomic E-state index is 0.211. The van der Waals surface area contributed by atoms with Gasteiger partial charge in [0.25, 0.3) is 10.5 Å². The zero-order valence-corrected chi connectivity index (χ0v) is 30.6. The number of hydrogen-bond acceptors (Lipinski definition) is 10. The first-order valence-corrected chi connectivity index (χ1v) is 18.7. The van der Waals surface area contributed by atoms with E-state index < -0.39 is 4.75 Å². The van der Waals surface area contributed by atoms with Crippen molar-refractivity contribution >= 4 is 45.8 Å². The molecule has 4 amide bonds. The number of benzene rings is 2. The number of thioether (sulfide) groups is 2. The van der Waals surface area contributed by atoms with Crippen LogP contribution in [0.15, 0.2) is 85.2 Å². The Kier molecular flexibility index (Phi) is 13.3. The molecule has 2 N–H and O–H groups in total. The van der Waals surface area contributed by atoms with Crippen molar-refractivity contribution in [1.29, 1.82) is 0 Å². The fourth-order valence-electron chi connectivity index (χ4n) is 5.35. The smallest absolute Gasteiger partial charge is 0.286 e. The van der Waals surface area contributed by atoms with E-state index in [1.807, 2.05) is 73.1 Å². The van der Waals surface area contributed by atoms with Crippen molar-refractivity contribution in [2.24, 2.45) is 0 Å². The fraction of sp³-hybridized carbons (Fsp3) is 0.333. The monoisotopic (exact) mass is 726 g/mol.